The third-order valence-electron chi connectivity index (χ3n) is 7.38. The van der Waals surface area contributed by atoms with E-state index in [0.29, 0.717) is 11.8 Å². The van der Waals surface area contributed by atoms with Gasteiger partial charge in [0.05, 0.1) is 22.1 Å². The SMILES string of the molecule is Cc1nc(S(=O)(=O)CCCS(=O)(=O)c2ccccc2)n([C@H](C)[C@@H]2C[C@H]3CC[C@H]2C3)c1C. The molecule has 4 atom stereocenters. The van der Waals surface area contributed by atoms with Crippen LogP contribution in [0.2, 0.25) is 0 Å². The van der Waals surface area contributed by atoms with E-state index < -0.39 is 19.7 Å². The molecule has 0 aliphatic heterocycles. The first kappa shape index (κ1) is 22.5. The summed E-state index contributed by atoms with van der Waals surface area (Å²) < 4.78 is 53.4. The number of aryl methyl sites for hydroxylation is 1. The van der Waals surface area contributed by atoms with E-state index in [-0.39, 0.29) is 34.0 Å². The maximum Gasteiger partial charge on any atom is 0.228 e. The minimum atomic E-state index is -3.70. The summed E-state index contributed by atoms with van der Waals surface area (Å²) >= 11 is 0. The Labute approximate surface area is 185 Å². The molecule has 0 unspecified atom stereocenters. The van der Waals surface area contributed by atoms with Crippen LogP contribution in [0.15, 0.2) is 40.4 Å². The fourth-order valence-electron chi connectivity index (χ4n) is 5.65. The smallest absolute Gasteiger partial charge is 0.228 e. The predicted octanol–water partition coefficient (Wildman–Crippen LogP) is 4.13. The van der Waals surface area contributed by atoms with Gasteiger partial charge in [-0.2, -0.15) is 0 Å². The van der Waals surface area contributed by atoms with Gasteiger partial charge in [0.15, 0.2) is 9.84 Å². The topological polar surface area (TPSA) is 86.1 Å². The van der Waals surface area contributed by atoms with Crippen molar-refractivity contribution in [1.82, 2.24) is 9.55 Å². The van der Waals surface area contributed by atoms with Gasteiger partial charge in [-0.25, -0.2) is 21.8 Å². The molecule has 170 valence electrons. The van der Waals surface area contributed by atoms with Crippen LogP contribution in [0.5, 0.6) is 0 Å². The molecule has 4 rings (SSSR count). The van der Waals surface area contributed by atoms with E-state index in [9.17, 15) is 16.8 Å². The van der Waals surface area contributed by atoms with Gasteiger partial charge in [-0.05, 0) is 76.3 Å². The zero-order valence-electron chi connectivity index (χ0n) is 18.5. The largest absolute Gasteiger partial charge is 0.316 e. The molecule has 0 radical (unpaired) electrons. The Kier molecular flexibility index (Phi) is 6.07. The van der Waals surface area contributed by atoms with Crippen LogP contribution in [0.3, 0.4) is 0 Å². The number of rotatable bonds is 8. The average Bonchev–Trinajstić information content (AvgIpc) is 3.44. The van der Waals surface area contributed by atoms with E-state index in [1.54, 1.807) is 30.3 Å². The van der Waals surface area contributed by atoms with E-state index in [4.69, 9.17) is 0 Å². The standard InChI is InChI=1S/C23H32N2O4S2/c1-16-17(2)25(18(3)22-15-19-10-11-20(22)14-19)23(24-16)31(28,29)13-7-12-30(26,27)21-8-5-4-6-9-21/h4-6,8-9,18-20,22H,7,10-15H2,1-3H3/t18-,19+,20+,22+/m1/s1. The summed E-state index contributed by atoms with van der Waals surface area (Å²) in [5.74, 6) is 1.52. The van der Waals surface area contributed by atoms with Crippen molar-refractivity contribution in [3.05, 3.63) is 41.7 Å². The fourth-order valence-corrected chi connectivity index (χ4v) is 8.75. The number of imidazole rings is 1. The highest BCUT2D eigenvalue weighted by Gasteiger charge is 2.43. The van der Waals surface area contributed by atoms with Gasteiger partial charge in [0.1, 0.15) is 0 Å². The number of benzene rings is 1. The molecule has 1 heterocycles. The van der Waals surface area contributed by atoms with Crippen molar-refractivity contribution in [1.29, 1.82) is 0 Å². The molecule has 2 aliphatic carbocycles. The Hall–Kier alpha value is -1.67. The molecule has 2 fully saturated rings. The summed E-state index contributed by atoms with van der Waals surface area (Å²) in [6.45, 7) is 5.90. The van der Waals surface area contributed by atoms with Gasteiger partial charge in [0.25, 0.3) is 0 Å². The minimum Gasteiger partial charge on any atom is -0.316 e. The number of aromatic nitrogens is 2. The molecule has 8 heteroatoms. The molecule has 0 spiro atoms. The molecule has 1 aromatic heterocycles. The lowest BCUT2D eigenvalue weighted by atomic mass is 9.84. The van der Waals surface area contributed by atoms with Crippen LogP contribution in [-0.4, -0.2) is 37.9 Å². The van der Waals surface area contributed by atoms with Crippen molar-refractivity contribution >= 4 is 19.7 Å². The van der Waals surface area contributed by atoms with Crippen molar-refractivity contribution in [3.8, 4) is 0 Å². The number of hydrogen-bond donors (Lipinski definition) is 0. The molecule has 6 nitrogen and oxygen atoms in total. The summed E-state index contributed by atoms with van der Waals surface area (Å²) in [6.07, 6.45) is 5.02. The summed E-state index contributed by atoms with van der Waals surface area (Å²) in [6, 6.07) is 8.26. The number of sulfone groups is 2. The normalized spacial score (nSPS) is 24.5. The number of fused-ring (bicyclic) bond motifs is 2. The zero-order chi connectivity index (χ0) is 22.4. The van der Waals surface area contributed by atoms with Crippen molar-refractivity contribution in [2.75, 3.05) is 11.5 Å². The highest BCUT2D eigenvalue weighted by atomic mass is 32.2. The molecule has 2 aliphatic rings. The third-order valence-corrected chi connectivity index (χ3v) is 10.9. The van der Waals surface area contributed by atoms with Crippen LogP contribution >= 0.6 is 0 Å². The maximum atomic E-state index is 13.2. The molecular formula is C23H32N2O4S2. The van der Waals surface area contributed by atoms with Gasteiger partial charge in [-0.15, -0.1) is 0 Å². The van der Waals surface area contributed by atoms with Crippen LogP contribution in [0.1, 0.15) is 56.5 Å². The highest BCUT2D eigenvalue weighted by Crippen LogP contribution is 2.52. The Morgan fingerprint density at radius 2 is 1.68 bits per heavy atom. The van der Waals surface area contributed by atoms with E-state index in [2.05, 4.69) is 11.9 Å². The van der Waals surface area contributed by atoms with Gasteiger partial charge < -0.3 is 4.57 Å². The van der Waals surface area contributed by atoms with Crippen LogP contribution in [0.25, 0.3) is 0 Å². The zero-order valence-corrected chi connectivity index (χ0v) is 20.1. The quantitative estimate of drug-likeness (QED) is 0.586. The summed E-state index contributed by atoms with van der Waals surface area (Å²) in [7, 11) is -7.20. The van der Waals surface area contributed by atoms with E-state index in [1.165, 1.54) is 19.3 Å². The van der Waals surface area contributed by atoms with Crippen LogP contribution in [0.4, 0.5) is 0 Å². The summed E-state index contributed by atoms with van der Waals surface area (Å²) in [4.78, 5) is 4.66. The maximum absolute atomic E-state index is 13.2. The number of hydrogen-bond acceptors (Lipinski definition) is 5. The van der Waals surface area contributed by atoms with Crippen molar-refractivity contribution < 1.29 is 16.8 Å². The molecule has 2 saturated carbocycles. The second kappa shape index (κ2) is 8.35. The molecule has 0 N–H and O–H groups in total. The van der Waals surface area contributed by atoms with E-state index >= 15 is 0 Å². The Balaban J connectivity index is 1.53. The summed E-state index contributed by atoms with van der Waals surface area (Å²) in [5.41, 5.74) is 1.62. The third kappa shape index (κ3) is 4.33. The Morgan fingerprint density at radius 3 is 2.29 bits per heavy atom. The molecule has 0 amide bonds. The first-order chi connectivity index (χ1) is 14.6. The Morgan fingerprint density at radius 1 is 1.00 bits per heavy atom. The second-order valence-electron chi connectivity index (χ2n) is 9.32. The first-order valence-electron chi connectivity index (χ1n) is 11.2. The fraction of sp³-hybridized carbons (Fsp3) is 0.609. The first-order valence-corrected chi connectivity index (χ1v) is 14.5. The monoisotopic (exact) mass is 464 g/mol. The van der Waals surface area contributed by atoms with Gasteiger partial charge in [0, 0.05) is 11.7 Å². The summed E-state index contributed by atoms with van der Waals surface area (Å²) in [5, 5.41) is 0.106. The molecular weight excluding hydrogens is 432 g/mol. The second-order valence-corrected chi connectivity index (χ2v) is 13.4. The molecule has 1 aromatic carbocycles. The molecule has 0 saturated heterocycles. The van der Waals surface area contributed by atoms with Crippen molar-refractivity contribution in [2.45, 2.75) is 69.0 Å². The van der Waals surface area contributed by atoms with Gasteiger partial charge in [-0.1, -0.05) is 24.6 Å². The molecule has 2 aromatic rings. The molecule has 2 bridgehead atoms. The lowest BCUT2D eigenvalue weighted by Gasteiger charge is -2.30. The number of nitrogens with zero attached hydrogens (tertiary/aromatic N) is 2. The van der Waals surface area contributed by atoms with Gasteiger partial charge >= 0.3 is 0 Å². The van der Waals surface area contributed by atoms with Gasteiger partial charge in [0.2, 0.25) is 15.0 Å². The predicted molar refractivity (Wildman–Crippen MR) is 121 cm³/mol. The van der Waals surface area contributed by atoms with E-state index in [1.807, 2.05) is 18.4 Å². The van der Waals surface area contributed by atoms with Crippen LogP contribution in [0, 0.1) is 31.6 Å². The lowest BCUT2D eigenvalue weighted by molar-refractivity contribution is 0.231. The molecule has 31 heavy (non-hydrogen) atoms. The minimum absolute atomic E-state index is 0.0486. The van der Waals surface area contributed by atoms with Crippen LogP contribution in [-0.2, 0) is 19.7 Å². The van der Waals surface area contributed by atoms with Crippen molar-refractivity contribution in [3.63, 3.8) is 0 Å². The highest BCUT2D eigenvalue weighted by molar-refractivity contribution is 7.92. The van der Waals surface area contributed by atoms with E-state index in [0.717, 1.165) is 23.7 Å². The van der Waals surface area contributed by atoms with Crippen LogP contribution < -0.4 is 0 Å². The lowest BCUT2D eigenvalue weighted by Crippen LogP contribution is -2.26. The Bertz CT molecular complexity index is 1150. The van der Waals surface area contributed by atoms with Crippen molar-refractivity contribution in [2.24, 2.45) is 17.8 Å². The average molecular weight is 465 g/mol. The van der Waals surface area contributed by atoms with Gasteiger partial charge in [-0.3, -0.25) is 0 Å².